The number of carbonyl (C=O) groups is 1. The summed E-state index contributed by atoms with van der Waals surface area (Å²) < 4.78 is 6.75. The Bertz CT molecular complexity index is 810. The number of hydrogen-bond acceptors (Lipinski definition) is 4. The number of carbonyl (C=O) groups excluding carboxylic acids is 1. The Morgan fingerprint density at radius 3 is 2.91 bits per heavy atom. The SMILES string of the molecule is O=C(Nc1nc2ccccc2s1)[C@@H]1COc2ccccc2C1. The second-order valence-corrected chi connectivity index (χ2v) is 6.33. The fourth-order valence-electron chi connectivity index (χ4n) is 2.63. The first-order valence-electron chi connectivity index (χ1n) is 7.17. The Kier molecular flexibility index (Phi) is 3.27. The molecule has 0 saturated carbocycles. The van der Waals surface area contributed by atoms with Crippen LogP contribution in [-0.4, -0.2) is 17.5 Å². The van der Waals surface area contributed by atoms with Crippen molar-refractivity contribution in [3.05, 3.63) is 54.1 Å². The highest BCUT2D eigenvalue weighted by Gasteiger charge is 2.26. The summed E-state index contributed by atoms with van der Waals surface area (Å²) in [5.74, 6) is 0.669. The van der Waals surface area contributed by atoms with Crippen molar-refractivity contribution >= 4 is 32.6 Å². The third-order valence-corrected chi connectivity index (χ3v) is 4.73. The minimum absolute atomic E-state index is 0.0337. The molecule has 0 spiro atoms. The molecular formula is C17H14N2O2S. The number of nitrogens with zero attached hydrogens (tertiary/aromatic N) is 1. The van der Waals surface area contributed by atoms with E-state index in [4.69, 9.17) is 4.74 Å². The number of amides is 1. The third kappa shape index (κ3) is 2.44. The fourth-order valence-corrected chi connectivity index (χ4v) is 3.50. The molecule has 0 aliphatic carbocycles. The van der Waals surface area contributed by atoms with Gasteiger partial charge in [-0.2, -0.15) is 0 Å². The normalized spacial score (nSPS) is 16.8. The van der Waals surface area contributed by atoms with Crippen LogP contribution in [0.5, 0.6) is 5.75 Å². The van der Waals surface area contributed by atoms with Gasteiger partial charge in [0.2, 0.25) is 5.91 Å². The maximum absolute atomic E-state index is 12.4. The summed E-state index contributed by atoms with van der Waals surface area (Å²) in [5, 5.41) is 3.56. The number of ether oxygens (including phenoxy) is 1. The molecule has 0 fully saturated rings. The van der Waals surface area contributed by atoms with Crippen molar-refractivity contribution in [3.8, 4) is 5.75 Å². The number of thiazole rings is 1. The molecule has 110 valence electrons. The molecular weight excluding hydrogens is 296 g/mol. The Hall–Kier alpha value is -2.40. The number of anilines is 1. The van der Waals surface area contributed by atoms with Gasteiger partial charge in [0.05, 0.1) is 16.1 Å². The van der Waals surface area contributed by atoms with E-state index in [0.29, 0.717) is 18.2 Å². The summed E-state index contributed by atoms with van der Waals surface area (Å²) in [6.07, 6.45) is 0.701. The van der Waals surface area contributed by atoms with Crippen molar-refractivity contribution in [1.82, 2.24) is 4.98 Å². The summed E-state index contributed by atoms with van der Waals surface area (Å²) in [4.78, 5) is 16.9. The molecule has 2 aromatic carbocycles. The number of fused-ring (bicyclic) bond motifs is 2. The van der Waals surface area contributed by atoms with Crippen LogP contribution in [0.3, 0.4) is 0 Å². The van der Waals surface area contributed by atoms with Gasteiger partial charge < -0.3 is 10.1 Å². The molecule has 4 nitrogen and oxygen atoms in total. The lowest BCUT2D eigenvalue weighted by atomic mass is 9.96. The van der Waals surface area contributed by atoms with Gasteiger partial charge in [-0.1, -0.05) is 41.7 Å². The zero-order valence-electron chi connectivity index (χ0n) is 11.8. The molecule has 0 saturated heterocycles. The molecule has 0 unspecified atom stereocenters. The first kappa shape index (κ1) is 13.3. The van der Waals surface area contributed by atoms with E-state index < -0.39 is 0 Å². The van der Waals surface area contributed by atoms with Crippen molar-refractivity contribution in [1.29, 1.82) is 0 Å². The quantitative estimate of drug-likeness (QED) is 0.788. The van der Waals surface area contributed by atoms with Gasteiger partial charge in [-0.25, -0.2) is 4.98 Å². The molecule has 1 aliphatic rings. The van der Waals surface area contributed by atoms with E-state index in [1.54, 1.807) is 0 Å². The molecule has 5 heteroatoms. The molecule has 0 radical (unpaired) electrons. The van der Waals surface area contributed by atoms with E-state index in [1.807, 2.05) is 48.5 Å². The third-order valence-electron chi connectivity index (χ3n) is 3.77. The first-order chi connectivity index (χ1) is 10.8. The van der Waals surface area contributed by atoms with Gasteiger partial charge in [0, 0.05) is 0 Å². The Labute approximate surface area is 131 Å². The van der Waals surface area contributed by atoms with Crippen LogP contribution in [0, 0.1) is 5.92 Å². The molecule has 1 N–H and O–H groups in total. The van der Waals surface area contributed by atoms with E-state index in [0.717, 1.165) is 21.5 Å². The van der Waals surface area contributed by atoms with Crippen molar-refractivity contribution in [2.24, 2.45) is 5.92 Å². The number of hydrogen-bond donors (Lipinski definition) is 1. The maximum Gasteiger partial charge on any atom is 0.233 e. The van der Waals surface area contributed by atoms with E-state index in [9.17, 15) is 4.79 Å². The molecule has 0 bridgehead atoms. The highest BCUT2D eigenvalue weighted by atomic mass is 32.1. The largest absolute Gasteiger partial charge is 0.492 e. The Balaban J connectivity index is 1.51. The summed E-state index contributed by atoms with van der Waals surface area (Å²) >= 11 is 1.49. The van der Waals surface area contributed by atoms with Crippen LogP contribution in [0.4, 0.5) is 5.13 Å². The lowest BCUT2D eigenvalue weighted by Crippen LogP contribution is -2.32. The molecule has 22 heavy (non-hydrogen) atoms. The molecule has 1 atom stereocenters. The van der Waals surface area contributed by atoms with Crippen LogP contribution in [0.1, 0.15) is 5.56 Å². The first-order valence-corrected chi connectivity index (χ1v) is 7.98. The Morgan fingerprint density at radius 1 is 1.18 bits per heavy atom. The molecule has 3 aromatic rings. The van der Waals surface area contributed by atoms with Gasteiger partial charge in [0.25, 0.3) is 0 Å². The summed E-state index contributed by atoms with van der Waals surface area (Å²) in [6.45, 7) is 0.410. The predicted octanol–water partition coefficient (Wildman–Crippen LogP) is 3.49. The average Bonchev–Trinajstić information content (AvgIpc) is 2.96. The van der Waals surface area contributed by atoms with Crippen LogP contribution < -0.4 is 10.1 Å². The van der Waals surface area contributed by atoms with E-state index in [-0.39, 0.29) is 11.8 Å². The monoisotopic (exact) mass is 310 g/mol. The molecule has 1 aromatic heterocycles. The van der Waals surface area contributed by atoms with Gasteiger partial charge in [0.1, 0.15) is 12.4 Å². The van der Waals surface area contributed by atoms with Gasteiger partial charge in [-0.05, 0) is 30.2 Å². The van der Waals surface area contributed by atoms with E-state index in [2.05, 4.69) is 10.3 Å². The standard InChI is InChI=1S/C17H14N2O2S/c20-16(12-9-11-5-1-3-7-14(11)21-10-12)19-17-18-13-6-2-4-8-15(13)22-17/h1-8,12H,9-10H2,(H,18,19,20)/t12-/m0/s1. The number of benzene rings is 2. The average molecular weight is 310 g/mol. The van der Waals surface area contributed by atoms with E-state index in [1.165, 1.54) is 11.3 Å². The summed E-state index contributed by atoms with van der Waals surface area (Å²) in [6, 6.07) is 15.7. The van der Waals surface area contributed by atoms with Crippen LogP contribution in [0.15, 0.2) is 48.5 Å². The highest BCUT2D eigenvalue weighted by Crippen LogP contribution is 2.29. The summed E-state index contributed by atoms with van der Waals surface area (Å²) in [5.41, 5.74) is 1.99. The number of rotatable bonds is 2. The predicted molar refractivity (Wildman–Crippen MR) is 87.4 cm³/mol. The molecule has 2 heterocycles. The smallest absolute Gasteiger partial charge is 0.233 e. The minimum atomic E-state index is -0.179. The van der Waals surface area contributed by atoms with Gasteiger partial charge in [-0.15, -0.1) is 0 Å². The zero-order chi connectivity index (χ0) is 14.9. The minimum Gasteiger partial charge on any atom is -0.492 e. The van der Waals surface area contributed by atoms with Gasteiger partial charge >= 0.3 is 0 Å². The van der Waals surface area contributed by atoms with Crippen molar-refractivity contribution in [2.45, 2.75) is 6.42 Å². The van der Waals surface area contributed by atoms with Crippen molar-refractivity contribution in [3.63, 3.8) is 0 Å². The zero-order valence-corrected chi connectivity index (χ0v) is 12.6. The molecule has 4 rings (SSSR count). The highest BCUT2D eigenvalue weighted by molar-refractivity contribution is 7.22. The lowest BCUT2D eigenvalue weighted by molar-refractivity contribution is -0.121. The van der Waals surface area contributed by atoms with Crippen LogP contribution >= 0.6 is 11.3 Å². The van der Waals surface area contributed by atoms with Crippen LogP contribution in [-0.2, 0) is 11.2 Å². The number of aromatic nitrogens is 1. The lowest BCUT2D eigenvalue weighted by Gasteiger charge is -2.24. The van der Waals surface area contributed by atoms with Gasteiger partial charge in [-0.3, -0.25) is 4.79 Å². The second kappa shape index (κ2) is 5.42. The second-order valence-electron chi connectivity index (χ2n) is 5.30. The van der Waals surface area contributed by atoms with Crippen molar-refractivity contribution in [2.75, 3.05) is 11.9 Å². The van der Waals surface area contributed by atoms with Crippen molar-refractivity contribution < 1.29 is 9.53 Å². The molecule has 1 amide bonds. The summed E-state index contributed by atoms with van der Waals surface area (Å²) in [7, 11) is 0. The van der Waals surface area contributed by atoms with E-state index >= 15 is 0 Å². The topological polar surface area (TPSA) is 51.2 Å². The van der Waals surface area contributed by atoms with Crippen LogP contribution in [0.2, 0.25) is 0 Å². The maximum atomic E-state index is 12.4. The molecule has 1 aliphatic heterocycles. The number of para-hydroxylation sites is 2. The number of nitrogens with one attached hydrogen (secondary N) is 1. The van der Waals surface area contributed by atoms with Gasteiger partial charge in [0.15, 0.2) is 5.13 Å². The fraction of sp³-hybridized carbons (Fsp3) is 0.176. The van der Waals surface area contributed by atoms with Crippen LogP contribution in [0.25, 0.3) is 10.2 Å². The Morgan fingerprint density at radius 2 is 2.00 bits per heavy atom.